The van der Waals surface area contributed by atoms with Gasteiger partial charge in [-0.2, -0.15) is 0 Å². The molecule has 0 aliphatic carbocycles. The van der Waals surface area contributed by atoms with Crippen LogP contribution in [0.15, 0.2) is 267 Å². The molecular weight excluding hydrogens is 885 g/mol. The normalized spacial score (nSPS) is 11.6. The zero-order valence-electron chi connectivity index (χ0n) is 39.7. The van der Waals surface area contributed by atoms with E-state index in [9.17, 15) is 0 Å². The minimum atomic E-state index is 0.614. The lowest BCUT2D eigenvalue weighted by Crippen LogP contribution is -2.01. The number of rotatable bonds is 8. The Morgan fingerprint density at radius 3 is 1.08 bits per heavy atom. The number of aromatic nitrogens is 4. The molecule has 0 bridgehead atoms. The number of hydrogen-bond donors (Lipinski definition) is 0. The second kappa shape index (κ2) is 17.6. The summed E-state index contributed by atoms with van der Waals surface area (Å²) in [5.74, 6) is 1.84. The summed E-state index contributed by atoms with van der Waals surface area (Å²) in [5, 5.41) is 9.27. The fraction of sp³-hybridized carbons (Fsp3) is 0. The van der Waals surface area contributed by atoms with E-state index in [2.05, 4.69) is 259 Å². The molecule has 0 fully saturated rings. The molecule has 2 heterocycles. The molecule has 0 atom stereocenters. The van der Waals surface area contributed by atoms with Crippen LogP contribution in [0.2, 0.25) is 0 Å². The minimum Gasteiger partial charge on any atom is -0.309 e. The molecule has 73 heavy (non-hydrogen) atoms. The Balaban J connectivity index is 1.03. The van der Waals surface area contributed by atoms with Crippen LogP contribution in [-0.4, -0.2) is 19.5 Å². The maximum Gasteiger partial charge on any atom is 0.164 e. The highest BCUT2D eigenvalue weighted by Gasteiger charge is 2.22. The Kier molecular flexibility index (Phi) is 10.1. The zero-order chi connectivity index (χ0) is 48.2. The highest BCUT2D eigenvalue weighted by molar-refractivity contribution is 6.30. The SMILES string of the molecule is c1ccc(-c2ccc(-c3nc(-c4ccc(-c5ccccc5)cc4)nc(-c4cccc5c6ccccc6c6c(-n7c8cc(-c9ccccc9)ccc8c8ccc(-c9ccccc9)cc87)cccc6c45)n3)cc2)cc1. The smallest absolute Gasteiger partial charge is 0.164 e. The van der Waals surface area contributed by atoms with Gasteiger partial charge in [0, 0.05) is 38.2 Å². The van der Waals surface area contributed by atoms with Gasteiger partial charge in [0.05, 0.1) is 16.7 Å². The molecule has 0 amide bonds. The van der Waals surface area contributed by atoms with Gasteiger partial charge in [-0.05, 0) is 84.3 Å². The van der Waals surface area contributed by atoms with Crippen LogP contribution in [0.1, 0.15) is 0 Å². The number of hydrogen-bond acceptors (Lipinski definition) is 3. The van der Waals surface area contributed by atoms with Gasteiger partial charge in [-0.25, -0.2) is 15.0 Å². The highest BCUT2D eigenvalue weighted by Crippen LogP contribution is 2.45. The van der Waals surface area contributed by atoms with Crippen molar-refractivity contribution < 1.29 is 0 Å². The van der Waals surface area contributed by atoms with E-state index in [0.29, 0.717) is 17.5 Å². The van der Waals surface area contributed by atoms with Crippen molar-refractivity contribution in [2.75, 3.05) is 0 Å². The lowest BCUT2D eigenvalue weighted by molar-refractivity contribution is 1.08. The first-order valence-corrected chi connectivity index (χ1v) is 24.8. The van der Waals surface area contributed by atoms with Gasteiger partial charge in [0.25, 0.3) is 0 Å². The summed E-state index contributed by atoms with van der Waals surface area (Å²) in [5.41, 5.74) is 15.5. The molecule has 0 aliphatic heterocycles. The summed E-state index contributed by atoms with van der Waals surface area (Å²) >= 11 is 0. The second-order valence-electron chi connectivity index (χ2n) is 18.7. The van der Waals surface area contributed by atoms with Crippen LogP contribution < -0.4 is 0 Å². The van der Waals surface area contributed by atoms with Crippen LogP contribution in [-0.2, 0) is 0 Å². The van der Waals surface area contributed by atoms with Crippen LogP contribution in [0.25, 0.3) is 138 Å². The monoisotopic (exact) mass is 928 g/mol. The van der Waals surface area contributed by atoms with E-state index in [4.69, 9.17) is 15.0 Å². The van der Waals surface area contributed by atoms with Crippen LogP contribution in [0.4, 0.5) is 0 Å². The maximum absolute atomic E-state index is 5.41. The van der Waals surface area contributed by atoms with E-state index in [1.165, 1.54) is 38.4 Å². The largest absolute Gasteiger partial charge is 0.309 e. The molecule has 14 rings (SSSR count). The van der Waals surface area contributed by atoms with Gasteiger partial charge in [0.1, 0.15) is 0 Å². The molecule has 2 aromatic heterocycles. The van der Waals surface area contributed by atoms with Gasteiger partial charge in [-0.15, -0.1) is 0 Å². The predicted molar refractivity (Wildman–Crippen MR) is 305 cm³/mol. The summed E-state index contributed by atoms with van der Waals surface area (Å²) in [4.78, 5) is 16.1. The second-order valence-corrected chi connectivity index (χ2v) is 18.7. The van der Waals surface area contributed by atoms with E-state index < -0.39 is 0 Å². The van der Waals surface area contributed by atoms with E-state index in [1.54, 1.807) is 0 Å². The fourth-order valence-electron chi connectivity index (χ4n) is 10.9. The van der Waals surface area contributed by atoms with E-state index in [0.717, 1.165) is 82.6 Å². The van der Waals surface area contributed by atoms with Crippen LogP contribution in [0.3, 0.4) is 0 Å². The van der Waals surface area contributed by atoms with Crippen molar-refractivity contribution in [1.82, 2.24) is 19.5 Å². The lowest BCUT2D eigenvalue weighted by atomic mass is 9.90. The Morgan fingerprint density at radius 2 is 0.575 bits per heavy atom. The molecule has 0 N–H and O–H groups in total. The van der Waals surface area contributed by atoms with Gasteiger partial charge in [-0.3, -0.25) is 0 Å². The van der Waals surface area contributed by atoms with Crippen molar-refractivity contribution in [1.29, 1.82) is 0 Å². The van der Waals surface area contributed by atoms with Crippen LogP contribution in [0.5, 0.6) is 0 Å². The Hall–Kier alpha value is -9.77. The summed E-state index contributed by atoms with van der Waals surface area (Å²) in [6, 6.07) is 95.5. The first kappa shape index (κ1) is 42.1. The summed E-state index contributed by atoms with van der Waals surface area (Å²) in [6.45, 7) is 0. The molecule has 14 aromatic rings. The third kappa shape index (κ3) is 7.35. The number of nitrogens with zero attached hydrogens (tertiary/aromatic N) is 4. The summed E-state index contributed by atoms with van der Waals surface area (Å²) < 4.78 is 2.50. The molecule has 4 nitrogen and oxygen atoms in total. The molecule has 0 aliphatic rings. The zero-order valence-corrected chi connectivity index (χ0v) is 39.7. The van der Waals surface area contributed by atoms with Crippen molar-refractivity contribution in [2.45, 2.75) is 0 Å². The molecule has 12 aromatic carbocycles. The average Bonchev–Trinajstić information content (AvgIpc) is 3.80. The quantitative estimate of drug-likeness (QED) is 0.143. The minimum absolute atomic E-state index is 0.614. The molecule has 4 heteroatoms. The average molecular weight is 929 g/mol. The van der Waals surface area contributed by atoms with Crippen molar-refractivity contribution in [3.05, 3.63) is 267 Å². The fourth-order valence-corrected chi connectivity index (χ4v) is 10.9. The van der Waals surface area contributed by atoms with Crippen molar-refractivity contribution in [3.63, 3.8) is 0 Å². The van der Waals surface area contributed by atoms with Gasteiger partial charge in [0.2, 0.25) is 0 Å². The lowest BCUT2D eigenvalue weighted by Gasteiger charge is -2.18. The van der Waals surface area contributed by atoms with Gasteiger partial charge in [0.15, 0.2) is 17.5 Å². The van der Waals surface area contributed by atoms with Gasteiger partial charge in [-0.1, -0.05) is 249 Å². The van der Waals surface area contributed by atoms with Gasteiger partial charge >= 0.3 is 0 Å². The molecule has 0 saturated carbocycles. The summed E-state index contributed by atoms with van der Waals surface area (Å²) in [7, 11) is 0. The van der Waals surface area contributed by atoms with E-state index >= 15 is 0 Å². The van der Waals surface area contributed by atoms with Crippen molar-refractivity contribution >= 4 is 54.1 Å². The van der Waals surface area contributed by atoms with Crippen LogP contribution >= 0.6 is 0 Å². The predicted octanol–water partition coefficient (Wildman–Crippen LogP) is 18.1. The molecule has 0 spiro atoms. The van der Waals surface area contributed by atoms with E-state index in [-0.39, 0.29) is 0 Å². The molecule has 0 saturated heterocycles. The topological polar surface area (TPSA) is 43.6 Å². The van der Waals surface area contributed by atoms with E-state index in [1.807, 2.05) is 12.1 Å². The number of benzene rings is 12. The third-order valence-corrected chi connectivity index (χ3v) is 14.5. The molecule has 0 radical (unpaired) electrons. The summed E-state index contributed by atoms with van der Waals surface area (Å²) in [6.07, 6.45) is 0. The Bertz CT molecular complexity index is 4180. The number of fused-ring (bicyclic) bond motifs is 9. The van der Waals surface area contributed by atoms with Crippen molar-refractivity contribution in [2.24, 2.45) is 0 Å². The van der Waals surface area contributed by atoms with Gasteiger partial charge < -0.3 is 4.57 Å². The first-order valence-electron chi connectivity index (χ1n) is 24.8. The maximum atomic E-state index is 5.41. The van der Waals surface area contributed by atoms with Crippen molar-refractivity contribution in [3.8, 4) is 84.4 Å². The third-order valence-electron chi connectivity index (χ3n) is 14.5. The molecular formula is C69H44N4. The molecule has 340 valence electrons. The standard InChI is InChI=1S/C69H44N4/c1-5-17-45(18-6-1)49-31-35-51(36-32-49)67-70-68(52-37-33-50(34-38-52)46-19-7-2-8-20-46)72-69(71-67)61-29-15-27-58-55-25-13-14-26-59(55)66-60(65(58)61)28-16-30-62(66)73-63-43-53(47-21-9-3-10-22-47)39-41-56(63)57-42-40-54(44-64(57)73)48-23-11-4-12-24-48/h1-44H. The van der Waals surface area contributed by atoms with Crippen LogP contribution in [0, 0.1) is 0 Å². The Morgan fingerprint density at radius 1 is 0.219 bits per heavy atom. The first-order chi connectivity index (χ1) is 36.2. The highest BCUT2D eigenvalue weighted by atomic mass is 15.0. The Labute approximate surface area is 422 Å². The molecule has 0 unspecified atom stereocenters.